The number of aromatic nitrogens is 6. The van der Waals surface area contributed by atoms with Crippen LogP contribution in [0.15, 0.2) is 49.1 Å². The summed E-state index contributed by atoms with van der Waals surface area (Å²) in [6.07, 6.45) is 11.0. The maximum Gasteiger partial charge on any atom is 0.415 e. The molecule has 2 aliphatic rings. The van der Waals surface area contributed by atoms with Crippen molar-refractivity contribution in [3.8, 4) is 22.5 Å². The number of rotatable bonds is 9. The second-order valence-corrected chi connectivity index (χ2v) is 17.7. The van der Waals surface area contributed by atoms with Crippen LogP contribution in [0.5, 0.6) is 0 Å². The minimum atomic E-state index is -1.12. The van der Waals surface area contributed by atoms with Crippen LogP contribution >= 0.6 is 0 Å². The fourth-order valence-corrected chi connectivity index (χ4v) is 6.34. The summed E-state index contributed by atoms with van der Waals surface area (Å²) in [5.41, 5.74) is 3.49. The Bertz CT molecular complexity index is 1470. The summed E-state index contributed by atoms with van der Waals surface area (Å²) >= 11 is 0. The van der Waals surface area contributed by atoms with E-state index in [1.165, 1.54) is 19.3 Å². The molecule has 0 spiro atoms. The third-order valence-corrected chi connectivity index (χ3v) is 9.62. The van der Waals surface area contributed by atoms with Crippen LogP contribution in [-0.2, 0) is 16.2 Å². The number of carbonyl (C=O) groups excluding carboxylic acids is 1. The highest BCUT2D eigenvalue weighted by molar-refractivity contribution is 6.76. The molecule has 1 saturated heterocycles. The van der Waals surface area contributed by atoms with Crippen molar-refractivity contribution in [3.63, 3.8) is 0 Å². The molecule has 0 unspecified atom stereocenters. The summed E-state index contributed by atoms with van der Waals surface area (Å²) in [4.78, 5) is 23.9. The van der Waals surface area contributed by atoms with Crippen LogP contribution in [0.1, 0.15) is 32.1 Å². The van der Waals surface area contributed by atoms with Gasteiger partial charge in [-0.05, 0) is 36.4 Å². The highest BCUT2D eigenvalue weighted by atomic mass is 28.3. The molecule has 1 amide bonds. The molecule has 0 N–H and O–H groups in total. The lowest BCUT2D eigenvalue weighted by Crippen LogP contribution is -2.40. The molecule has 11 heteroatoms. The van der Waals surface area contributed by atoms with E-state index in [0.29, 0.717) is 36.5 Å². The van der Waals surface area contributed by atoms with Crippen LogP contribution in [0.4, 0.5) is 10.6 Å². The number of nitrogens with zero attached hydrogens (tertiary/aromatic N) is 7. The number of benzene rings is 1. The van der Waals surface area contributed by atoms with E-state index in [1.54, 1.807) is 20.4 Å². The van der Waals surface area contributed by atoms with Crippen molar-refractivity contribution in [1.82, 2.24) is 29.4 Å². The van der Waals surface area contributed by atoms with Gasteiger partial charge in [0, 0.05) is 32.0 Å². The van der Waals surface area contributed by atoms with Gasteiger partial charge in [0.2, 0.25) is 0 Å². The predicted octanol–water partition coefficient (Wildman–Crippen LogP) is 5.87. The first kappa shape index (κ1) is 26.6. The Hall–Kier alpha value is -3.57. The Kier molecular flexibility index (Phi) is 7.41. The average Bonchev–Trinajstić information content (AvgIpc) is 3.69. The molecule has 40 heavy (non-hydrogen) atoms. The quantitative estimate of drug-likeness (QED) is 0.187. The van der Waals surface area contributed by atoms with E-state index in [2.05, 4.69) is 34.8 Å². The highest BCUT2D eigenvalue weighted by Gasteiger charge is 2.40. The van der Waals surface area contributed by atoms with Crippen LogP contribution < -0.4 is 4.90 Å². The zero-order chi connectivity index (χ0) is 27.7. The lowest BCUT2D eigenvalue weighted by atomic mass is 9.84. The van der Waals surface area contributed by atoms with Gasteiger partial charge >= 0.3 is 6.09 Å². The lowest BCUT2D eigenvalue weighted by Gasteiger charge is -2.31. The minimum absolute atomic E-state index is 0.0338. The molecule has 4 heterocycles. The monoisotopic (exact) mass is 559 g/mol. The number of hydrogen-bond donors (Lipinski definition) is 0. The number of carbonyl (C=O) groups is 1. The molecule has 1 aliphatic heterocycles. The smallest absolute Gasteiger partial charge is 0.415 e. The Balaban J connectivity index is 1.19. The molecule has 1 atom stereocenters. The van der Waals surface area contributed by atoms with Crippen LogP contribution in [0.2, 0.25) is 25.7 Å². The Morgan fingerprint density at radius 2 is 1.82 bits per heavy atom. The molecule has 0 radical (unpaired) electrons. The molecule has 4 aromatic rings. The molecule has 1 aromatic carbocycles. The Labute approximate surface area is 235 Å². The molecule has 1 aliphatic carbocycles. The lowest BCUT2D eigenvalue weighted by molar-refractivity contribution is 0.0785. The molecular weight excluding hydrogens is 522 g/mol. The van der Waals surface area contributed by atoms with Crippen LogP contribution in [0, 0.1) is 5.92 Å². The van der Waals surface area contributed by atoms with Gasteiger partial charge in [0.25, 0.3) is 0 Å². The zero-order valence-corrected chi connectivity index (χ0v) is 24.5. The first-order valence-corrected chi connectivity index (χ1v) is 17.9. The number of fused-ring (bicyclic) bond motifs is 1. The van der Waals surface area contributed by atoms with Gasteiger partial charge in [-0.15, -0.1) is 5.10 Å². The molecule has 210 valence electrons. The van der Waals surface area contributed by atoms with Crippen molar-refractivity contribution >= 4 is 25.6 Å². The number of anilines is 1. The number of cyclic esters (lactones) is 1. The van der Waals surface area contributed by atoms with E-state index in [1.807, 2.05) is 42.7 Å². The second-order valence-electron chi connectivity index (χ2n) is 12.1. The predicted molar refractivity (Wildman–Crippen MR) is 156 cm³/mol. The highest BCUT2D eigenvalue weighted by Crippen LogP contribution is 2.35. The topological polar surface area (TPSA) is 99.7 Å². The van der Waals surface area contributed by atoms with Gasteiger partial charge in [0.15, 0.2) is 11.5 Å². The van der Waals surface area contributed by atoms with Crippen molar-refractivity contribution in [2.75, 3.05) is 18.1 Å². The van der Waals surface area contributed by atoms with E-state index >= 15 is 0 Å². The first-order valence-electron chi connectivity index (χ1n) is 14.2. The van der Waals surface area contributed by atoms with Crippen molar-refractivity contribution < 1.29 is 14.3 Å². The average molecular weight is 560 g/mol. The van der Waals surface area contributed by atoms with E-state index in [0.717, 1.165) is 42.2 Å². The third-order valence-electron chi connectivity index (χ3n) is 7.91. The summed E-state index contributed by atoms with van der Waals surface area (Å²) in [6.45, 7) is 8.59. The van der Waals surface area contributed by atoms with Crippen LogP contribution in [0.25, 0.3) is 28.2 Å². The van der Waals surface area contributed by atoms with E-state index in [4.69, 9.17) is 14.5 Å². The van der Waals surface area contributed by atoms with Crippen LogP contribution in [-0.4, -0.2) is 62.8 Å². The van der Waals surface area contributed by atoms with Gasteiger partial charge in [-0.25, -0.2) is 24.0 Å². The molecule has 2 fully saturated rings. The molecule has 3 aromatic heterocycles. The summed E-state index contributed by atoms with van der Waals surface area (Å²) in [7, 11) is -1.12. The normalized spacial score (nSPS) is 18.5. The number of ether oxygens (including phenoxy) is 2. The Morgan fingerprint density at radius 3 is 2.60 bits per heavy atom. The summed E-state index contributed by atoms with van der Waals surface area (Å²) in [5.74, 6) is 1.72. The van der Waals surface area contributed by atoms with E-state index in [9.17, 15) is 4.79 Å². The largest absolute Gasteiger partial charge is 0.447 e. The van der Waals surface area contributed by atoms with Crippen molar-refractivity contribution in [2.24, 2.45) is 5.92 Å². The molecule has 10 nitrogen and oxygen atoms in total. The zero-order valence-electron chi connectivity index (χ0n) is 23.5. The maximum atomic E-state index is 12.8. The van der Waals surface area contributed by atoms with Crippen molar-refractivity contribution in [2.45, 2.75) is 70.6 Å². The fraction of sp³-hybridized carbons (Fsp3) is 0.483. The molecular formula is C29H37N7O3Si. The SMILES string of the molecule is C[Si](C)(C)CCOCn1cnc(-c2ccc(-c3cnn4ccc(N5C(=O)OC[C@@H]5C5CCCCC5)nc34)cc2)n1. The number of amides is 1. The summed E-state index contributed by atoms with van der Waals surface area (Å²) in [6, 6.07) is 11.1. The fourth-order valence-electron chi connectivity index (χ4n) is 5.59. The molecule has 0 bridgehead atoms. The van der Waals surface area contributed by atoms with Gasteiger partial charge in [-0.1, -0.05) is 63.2 Å². The van der Waals surface area contributed by atoms with Gasteiger partial charge < -0.3 is 9.47 Å². The summed E-state index contributed by atoms with van der Waals surface area (Å²) < 4.78 is 14.8. The van der Waals surface area contributed by atoms with Gasteiger partial charge in [0.05, 0.1) is 12.2 Å². The van der Waals surface area contributed by atoms with Crippen molar-refractivity contribution in [1.29, 1.82) is 0 Å². The van der Waals surface area contributed by atoms with E-state index < -0.39 is 8.07 Å². The van der Waals surface area contributed by atoms with Gasteiger partial charge in [0.1, 0.15) is 25.5 Å². The Morgan fingerprint density at radius 1 is 1.05 bits per heavy atom. The molecule has 6 rings (SSSR count). The second kappa shape index (κ2) is 11.1. The maximum absolute atomic E-state index is 12.8. The minimum Gasteiger partial charge on any atom is -0.447 e. The van der Waals surface area contributed by atoms with Crippen LogP contribution in [0.3, 0.4) is 0 Å². The molecule has 1 saturated carbocycles. The van der Waals surface area contributed by atoms with Gasteiger partial charge in [-0.3, -0.25) is 4.90 Å². The van der Waals surface area contributed by atoms with Crippen molar-refractivity contribution in [3.05, 3.63) is 49.1 Å². The summed E-state index contributed by atoms with van der Waals surface area (Å²) in [5, 5.41) is 9.08. The first-order chi connectivity index (χ1) is 19.4. The third kappa shape index (κ3) is 5.66. The number of hydrogen-bond acceptors (Lipinski definition) is 7. The van der Waals surface area contributed by atoms with E-state index in [-0.39, 0.29) is 12.1 Å². The standard InChI is InChI=1S/C29H37N7O3Si/c1-40(2,3)16-15-38-20-34-19-30-27(33-34)23-11-9-21(10-12-23)24-17-31-35-14-13-26(32-28(24)35)36-25(18-39-29(36)37)22-7-5-4-6-8-22/h9-14,17,19,22,25H,4-8,15-16,18,20H2,1-3H3/t25-/m1/s1. The van der Waals surface area contributed by atoms with Gasteiger partial charge in [-0.2, -0.15) is 5.10 Å².